The fourth-order valence-electron chi connectivity index (χ4n) is 3.77. The molecule has 0 aliphatic rings. The van der Waals surface area contributed by atoms with Crippen molar-refractivity contribution in [3.05, 3.63) is 59.7 Å². The third kappa shape index (κ3) is 21.2. The van der Waals surface area contributed by atoms with Crippen LogP contribution in [-0.4, -0.2) is 99.2 Å². The SMILES string of the molecule is CC(C)NCC(O)COc1ccc(CCNC(=O)NC(C)C)cc1.COC(=O)NCCc1ccc(OCC(O)CNC(C)C)cc1. The van der Waals surface area contributed by atoms with Crippen LogP contribution in [0, 0.1) is 0 Å². The van der Waals surface area contributed by atoms with Gasteiger partial charge in [-0.25, -0.2) is 9.59 Å². The van der Waals surface area contributed by atoms with Gasteiger partial charge in [-0.1, -0.05) is 52.0 Å². The lowest BCUT2D eigenvalue weighted by atomic mass is 10.1. The molecule has 7 N–H and O–H groups in total. The third-order valence-corrected chi connectivity index (χ3v) is 6.24. The molecule has 2 rings (SSSR count). The highest BCUT2D eigenvalue weighted by Crippen LogP contribution is 2.14. The Morgan fingerprint density at radius 1 is 0.652 bits per heavy atom. The summed E-state index contributed by atoms with van der Waals surface area (Å²) in [5.74, 6) is 1.45. The summed E-state index contributed by atoms with van der Waals surface area (Å²) in [6.07, 6.45) is -0.0192. The molecular weight excluding hydrogens is 590 g/mol. The molecule has 0 radical (unpaired) electrons. The Kier molecular flexibility index (Phi) is 20.8. The van der Waals surface area contributed by atoms with Crippen molar-refractivity contribution in [3.8, 4) is 11.5 Å². The normalized spacial score (nSPS) is 12.2. The number of aliphatic hydroxyl groups excluding tert-OH is 2. The molecule has 2 aromatic rings. The first-order valence-corrected chi connectivity index (χ1v) is 16.0. The Hall–Kier alpha value is -3.58. The molecule has 260 valence electrons. The van der Waals surface area contributed by atoms with Gasteiger partial charge >= 0.3 is 12.1 Å². The third-order valence-electron chi connectivity index (χ3n) is 6.24. The van der Waals surface area contributed by atoms with Crippen LogP contribution in [0.5, 0.6) is 11.5 Å². The predicted octanol–water partition coefficient (Wildman–Crippen LogP) is 3.00. The van der Waals surface area contributed by atoms with Crippen LogP contribution in [0.1, 0.15) is 52.7 Å². The molecule has 0 fully saturated rings. The van der Waals surface area contributed by atoms with E-state index in [0.29, 0.717) is 44.0 Å². The number of carbonyl (C=O) groups excluding carboxylic acids is 2. The van der Waals surface area contributed by atoms with Crippen molar-refractivity contribution in [1.82, 2.24) is 26.6 Å². The van der Waals surface area contributed by atoms with E-state index in [1.54, 1.807) is 0 Å². The molecule has 12 nitrogen and oxygen atoms in total. The minimum absolute atomic E-state index is 0.132. The first-order chi connectivity index (χ1) is 21.9. The number of aliphatic hydroxyl groups is 2. The minimum Gasteiger partial charge on any atom is -0.491 e. The van der Waals surface area contributed by atoms with Gasteiger partial charge in [0.15, 0.2) is 0 Å². The zero-order valence-electron chi connectivity index (χ0n) is 28.6. The van der Waals surface area contributed by atoms with Crippen LogP contribution in [0.4, 0.5) is 9.59 Å². The van der Waals surface area contributed by atoms with Gasteiger partial charge in [-0.05, 0) is 62.1 Å². The summed E-state index contributed by atoms with van der Waals surface area (Å²) >= 11 is 0. The number of methoxy groups -OCH3 is 1. The second-order valence-electron chi connectivity index (χ2n) is 11.8. The second kappa shape index (κ2) is 23.7. The van der Waals surface area contributed by atoms with Crippen molar-refractivity contribution in [2.45, 2.75) is 84.7 Å². The molecule has 0 aliphatic heterocycles. The average Bonchev–Trinajstić information content (AvgIpc) is 3.01. The van der Waals surface area contributed by atoms with Crippen LogP contribution in [0.15, 0.2) is 48.5 Å². The van der Waals surface area contributed by atoms with E-state index in [1.807, 2.05) is 90.1 Å². The molecule has 0 aromatic heterocycles. The summed E-state index contributed by atoms with van der Waals surface area (Å²) in [4.78, 5) is 22.4. The molecule has 0 saturated heterocycles. The monoisotopic (exact) mass is 647 g/mol. The van der Waals surface area contributed by atoms with Crippen molar-refractivity contribution in [1.29, 1.82) is 0 Å². The number of carbonyl (C=O) groups is 2. The minimum atomic E-state index is -0.536. The fraction of sp³-hybridized carbons (Fsp3) is 0.588. The Bertz CT molecular complexity index is 1080. The summed E-state index contributed by atoms with van der Waals surface area (Å²) in [7, 11) is 1.34. The summed E-state index contributed by atoms with van der Waals surface area (Å²) in [6, 6.07) is 16.0. The predicted molar refractivity (Wildman–Crippen MR) is 182 cm³/mol. The summed E-state index contributed by atoms with van der Waals surface area (Å²) in [5.41, 5.74) is 2.21. The van der Waals surface area contributed by atoms with E-state index in [1.165, 1.54) is 7.11 Å². The lowest BCUT2D eigenvalue weighted by Gasteiger charge is -2.15. The van der Waals surface area contributed by atoms with Crippen LogP contribution in [0.25, 0.3) is 0 Å². The van der Waals surface area contributed by atoms with E-state index in [4.69, 9.17) is 9.47 Å². The number of amides is 3. The van der Waals surface area contributed by atoms with Crippen LogP contribution < -0.4 is 36.1 Å². The van der Waals surface area contributed by atoms with E-state index in [0.717, 1.165) is 29.7 Å². The average molecular weight is 648 g/mol. The molecule has 0 saturated carbocycles. The number of urea groups is 1. The van der Waals surface area contributed by atoms with E-state index >= 15 is 0 Å². The van der Waals surface area contributed by atoms with Crippen molar-refractivity contribution >= 4 is 12.1 Å². The number of hydrogen-bond acceptors (Lipinski definition) is 9. The van der Waals surface area contributed by atoms with Crippen LogP contribution >= 0.6 is 0 Å². The quantitative estimate of drug-likeness (QED) is 0.122. The van der Waals surface area contributed by atoms with Gasteiger partial charge in [0, 0.05) is 44.3 Å². The number of benzene rings is 2. The molecule has 2 aromatic carbocycles. The zero-order chi connectivity index (χ0) is 34.3. The smallest absolute Gasteiger partial charge is 0.406 e. The van der Waals surface area contributed by atoms with Crippen molar-refractivity contribution in [2.24, 2.45) is 0 Å². The standard InChI is InChI=1S/C18H31N3O3.C16H26N2O4/c1-13(2)20-11-16(22)12-24-17-7-5-15(6-8-17)9-10-19-18(23)21-14(3)4;1-12(2)18-10-14(19)11-22-15-6-4-13(5-7-15)8-9-17-16(20)21-3/h5-8,13-14,16,20,22H,9-12H2,1-4H3,(H2,19,21,23);4-7,12,14,18-19H,8-11H2,1-3H3,(H,17,20). The van der Waals surface area contributed by atoms with Gasteiger partial charge in [-0.15, -0.1) is 0 Å². The Morgan fingerprint density at radius 2 is 1.07 bits per heavy atom. The van der Waals surface area contributed by atoms with E-state index in [-0.39, 0.29) is 25.3 Å². The molecule has 0 heterocycles. The molecule has 0 bridgehead atoms. The van der Waals surface area contributed by atoms with Gasteiger partial charge in [0.2, 0.25) is 0 Å². The van der Waals surface area contributed by atoms with Crippen LogP contribution in [0.3, 0.4) is 0 Å². The molecule has 12 heteroatoms. The lowest BCUT2D eigenvalue weighted by Crippen LogP contribution is -2.40. The van der Waals surface area contributed by atoms with E-state index < -0.39 is 18.3 Å². The molecule has 3 amide bonds. The second-order valence-corrected chi connectivity index (χ2v) is 11.8. The van der Waals surface area contributed by atoms with Gasteiger partial charge in [0.25, 0.3) is 0 Å². The summed E-state index contributed by atoms with van der Waals surface area (Å²) in [5, 5.41) is 34.1. The Labute approximate surface area is 275 Å². The number of ether oxygens (including phenoxy) is 3. The highest BCUT2D eigenvalue weighted by molar-refractivity contribution is 5.74. The van der Waals surface area contributed by atoms with Gasteiger partial charge in [0.1, 0.15) is 36.9 Å². The Morgan fingerprint density at radius 3 is 1.43 bits per heavy atom. The van der Waals surface area contributed by atoms with Gasteiger partial charge in [-0.3, -0.25) is 0 Å². The first-order valence-electron chi connectivity index (χ1n) is 16.0. The maximum atomic E-state index is 11.5. The summed E-state index contributed by atoms with van der Waals surface area (Å²) in [6.45, 7) is 14.6. The summed E-state index contributed by atoms with van der Waals surface area (Å²) < 4.78 is 15.6. The van der Waals surface area contributed by atoms with Crippen LogP contribution in [0.2, 0.25) is 0 Å². The lowest BCUT2D eigenvalue weighted by molar-refractivity contribution is 0.104. The van der Waals surface area contributed by atoms with Crippen molar-refractivity contribution in [3.63, 3.8) is 0 Å². The molecule has 0 aliphatic carbocycles. The Balaban J connectivity index is 0.000000462. The number of alkyl carbamates (subject to hydrolysis) is 1. The molecular formula is C34H57N5O7. The highest BCUT2D eigenvalue weighted by atomic mass is 16.5. The van der Waals surface area contributed by atoms with Crippen LogP contribution in [-0.2, 0) is 17.6 Å². The number of hydrogen-bond donors (Lipinski definition) is 7. The topological polar surface area (TPSA) is 162 Å². The van der Waals surface area contributed by atoms with Gasteiger partial charge in [-0.2, -0.15) is 0 Å². The molecule has 2 atom stereocenters. The van der Waals surface area contributed by atoms with E-state index in [2.05, 4.69) is 31.3 Å². The molecule has 46 heavy (non-hydrogen) atoms. The molecule has 2 unspecified atom stereocenters. The first kappa shape index (κ1) is 40.4. The van der Waals surface area contributed by atoms with Crippen molar-refractivity contribution < 1.29 is 34.0 Å². The number of rotatable bonds is 19. The number of nitrogens with one attached hydrogen (secondary N) is 5. The molecule has 0 spiro atoms. The maximum Gasteiger partial charge on any atom is 0.406 e. The van der Waals surface area contributed by atoms with Crippen molar-refractivity contribution in [2.75, 3.05) is 46.5 Å². The highest BCUT2D eigenvalue weighted by Gasteiger charge is 2.08. The van der Waals surface area contributed by atoms with Gasteiger partial charge < -0.3 is 51.0 Å². The fourth-order valence-corrected chi connectivity index (χ4v) is 3.77. The largest absolute Gasteiger partial charge is 0.491 e. The van der Waals surface area contributed by atoms with E-state index in [9.17, 15) is 19.8 Å². The zero-order valence-corrected chi connectivity index (χ0v) is 28.6. The van der Waals surface area contributed by atoms with Gasteiger partial charge in [0.05, 0.1) is 7.11 Å². The maximum absolute atomic E-state index is 11.5.